The van der Waals surface area contributed by atoms with Gasteiger partial charge in [-0.3, -0.25) is 9.59 Å². The van der Waals surface area contributed by atoms with Crippen LogP contribution < -0.4 is 15.0 Å². The molecule has 158 valence electrons. The maximum atomic E-state index is 14.1. The molecule has 0 saturated carbocycles. The second-order valence-electron chi connectivity index (χ2n) is 7.64. The highest BCUT2D eigenvalue weighted by Crippen LogP contribution is 2.30. The molecule has 4 rings (SSSR count). The van der Waals surface area contributed by atoms with E-state index in [1.54, 1.807) is 30.3 Å². The number of nitrogens with zero attached hydrogens (tertiary/aromatic N) is 1. The highest BCUT2D eigenvalue weighted by molar-refractivity contribution is 6.04. The number of hydrogen-bond acceptors (Lipinski definition) is 4. The van der Waals surface area contributed by atoms with E-state index >= 15 is 0 Å². The number of amides is 2. The molecule has 30 heavy (non-hydrogen) atoms. The van der Waals surface area contributed by atoms with Gasteiger partial charge in [0.2, 0.25) is 11.8 Å². The zero-order valence-electron chi connectivity index (χ0n) is 16.7. The molecule has 1 N–H and O–H groups in total. The Bertz CT molecular complexity index is 914. The van der Waals surface area contributed by atoms with Crippen LogP contribution in [-0.2, 0) is 14.3 Å². The minimum absolute atomic E-state index is 0.0408. The monoisotopic (exact) mass is 412 g/mol. The van der Waals surface area contributed by atoms with Crippen molar-refractivity contribution < 1.29 is 23.5 Å². The summed E-state index contributed by atoms with van der Waals surface area (Å²) in [6.07, 6.45) is 3.27. The largest absolute Gasteiger partial charge is 0.489 e. The van der Waals surface area contributed by atoms with Crippen LogP contribution in [0, 0.1) is 11.7 Å². The third-order valence-corrected chi connectivity index (χ3v) is 5.48. The summed E-state index contributed by atoms with van der Waals surface area (Å²) in [6.45, 7) is 1.32. The number of nitrogens with one attached hydrogen (secondary N) is 1. The SMILES string of the molecule is O=C(Nc1ccccc1OCC1CCCCO1)C1CC(=O)N(c2ccccc2F)C1. The van der Waals surface area contributed by atoms with Crippen LogP contribution in [0.4, 0.5) is 15.8 Å². The number of ether oxygens (including phenoxy) is 2. The molecule has 2 amide bonds. The molecular weight excluding hydrogens is 387 g/mol. The Morgan fingerprint density at radius 2 is 1.97 bits per heavy atom. The first kappa shape index (κ1) is 20.3. The number of para-hydroxylation sites is 3. The van der Waals surface area contributed by atoms with Gasteiger partial charge in [-0.05, 0) is 43.5 Å². The van der Waals surface area contributed by atoms with E-state index in [2.05, 4.69) is 5.32 Å². The first-order valence-electron chi connectivity index (χ1n) is 10.3. The highest BCUT2D eigenvalue weighted by Gasteiger charge is 2.36. The summed E-state index contributed by atoms with van der Waals surface area (Å²) in [7, 11) is 0. The van der Waals surface area contributed by atoms with Crippen LogP contribution in [0.5, 0.6) is 5.75 Å². The fraction of sp³-hybridized carbons (Fsp3) is 0.391. The molecule has 2 unspecified atom stereocenters. The minimum Gasteiger partial charge on any atom is -0.489 e. The molecule has 2 aromatic carbocycles. The lowest BCUT2D eigenvalue weighted by atomic mass is 10.1. The maximum absolute atomic E-state index is 14.1. The Kier molecular flexibility index (Phi) is 6.28. The smallest absolute Gasteiger partial charge is 0.229 e. The molecule has 2 saturated heterocycles. The standard InChI is InChI=1S/C23H25FN2O4/c24-18-8-1-3-10-20(18)26-14-16(13-22(26)27)23(28)25-19-9-2-4-11-21(19)30-15-17-7-5-6-12-29-17/h1-4,8-11,16-17H,5-7,12-15H2,(H,25,28). The summed E-state index contributed by atoms with van der Waals surface area (Å²) in [6, 6.07) is 13.3. The van der Waals surface area contributed by atoms with E-state index in [0.717, 1.165) is 25.9 Å². The Morgan fingerprint density at radius 3 is 2.77 bits per heavy atom. The van der Waals surface area contributed by atoms with Gasteiger partial charge in [0.05, 0.1) is 23.4 Å². The lowest BCUT2D eigenvalue weighted by Gasteiger charge is -2.23. The van der Waals surface area contributed by atoms with Crippen LogP contribution in [0.15, 0.2) is 48.5 Å². The lowest BCUT2D eigenvalue weighted by molar-refractivity contribution is -0.122. The Labute approximate surface area is 175 Å². The van der Waals surface area contributed by atoms with Crippen LogP contribution in [0.3, 0.4) is 0 Å². The van der Waals surface area contributed by atoms with E-state index in [-0.39, 0.29) is 36.6 Å². The predicted molar refractivity (Wildman–Crippen MR) is 111 cm³/mol. The number of rotatable bonds is 6. The first-order valence-corrected chi connectivity index (χ1v) is 10.3. The number of carbonyl (C=O) groups is 2. The average Bonchev–Trinajstić information content (AvgIpc) is 3.16. The van der Waals surface area contributed by atoms with E-state index in [4.69, 9.17) is 9.47 Å². The maximum Gasteiger partial charge on any atom is 0.229 e. The number of hydrogen-bond donors (Lipinski definition) is 1. The normalized spacial score (nSPS) is 21.5. The van der Waals surface area contributed by atoms with Gasteiger partial charge in [0.15, 0.2) is 0 Å². The lowest BCUT2D eigenvalue weighted by Crippen LogP contribution is -2.29. The molecular formula is C23H25FN2O4. The summed E-state index contributed by atoms with van der Waals surface area (Å²) < 4.78 is 25.7. The summed E-state index contributed by atoms with van der Waals surface area (Å²) in [4.78, 5) is 26.5. The van der Waals surface area contributed by atoms with Crippen molar-refractivity contribution in [2.45, 2.75) is 31.8 Å². The number of benzene rings is 2. The summed E-state index contributed by atoms with van der Waals surface area (Å²) >= 11 is 0. The Hall–Kier alpha value is -2.93. The zero-order chi connectivity index (χ0) is 20.9. The highest BCUT2D eigenvalue weighted by atomic mass is 19.1. The molecule has 2 aliphatic rings. The molecule has 2 fully saturated rings. The molecule has 0 spiro atoms. The number of anilines is 2. The van der Waals surface area contributed by atoms with Crippen molar-refractivity contribution in [2.24, 2.45) is 5.92 Å². The molecule has 0 bridgehead atoms. The van der Waals surface area contributed by atoms with Crippen molar-refractivity contribution in [3.05, 3.63) is 54.3 Å². The topological polar surface area (TPSA) is 67.9 Å². The van der Waals surface area contributed by atoms with Crippen LogP contribution >= 0.6 is 0 Å². The zero-order valence-corrected chi connectivity index (χ0v) is 16.7. The summed E-state index contributed by atoms with van der Waals surface area (Å²) in [5.74, 6) is -1.02. The first-order chi connectivity index (χ1) is 14.6. The van der Waals surface area contributed by atoms with Gasteiger partial charge < -0.3 is 19.7 Å². The third-order valence-electron chi connectivity index (χ3n) is 5.48. The fourth-order valence-corrected chi connectivity index (χ4v) is 3.84. The van der Waals surface area contributed by atoms with Gasteiger partial charge in [-0.2, -0.15) is 0 Å². The van der Waals surface area contributed by atoms with E-state index in [9.17, 15) is 14.0 Å². The molecule has 0 aromatic heterocycles. The van der Waals surface area contributed by atoms with Crippen molar-refractivity contribution in [3.63, 3.8) is 0 Å². The van der Waals surface area contributed by atoms with Crippen molar-refractivity contribution in [1.29, 1.82) is 0 Å². The second kappa shape index (κ2) is 9.26. The Morgan fingerprint density at radius 1 is 1.17 bits per heavy atom. The van der Waals surface area contributed by atoms with Crippen LogP contribution in [0.2, 0.25) is 0 Å². The van der Waals surface area contributed by atoms with E-state index in [1.807, 2.05) is 12.1 Å². The van der Waals surface area contributed by atoms with Crippen LogP contribution in [0.1, 0.15) is 25.7 Å². The van der Waals surface area contributed by atoms with Crippen molar-refractivity contribution in [1.82, 2.24) is 0 Å². The molecule has 0 aliphatic carbocycles. The second-order valence-corrected chi connectivity index (χ2v) is 7.64. The van der Waals surface area contributed by atoms with Gasteiger partial charge in [0.25, 0.3) is 0 Å². The molecule has 2 heterocycles. The van der Waals surface area contributed by atoms with Gasteiger partial charge >= 0.3 is 0 Å². The van der Waals surface area contributed by atoms with E-state index < -0.39 is 11.7 Å². The number of carbonyl (C=O) groups excluding carboxylic acids is 2. The predicted octanol–water partition coefficient (Wildman–Crippen LogP) is 3.77. The van der Waals surface area contributed by atoms with E-state index in [1.165, 1.54) is 11.0 Å². The molecule has 2 atom stereocenters. The van der Waals surface area contributed by atoms with Gasteiger partial charge in [-0.25, -0.2) is 4.39 Å². The summed E-state index contributed by atoms with van der Waals surface area (Å²) in [5.41, 5.74) is 0.754. The molecule has 6 nitrogen and oxygen atoms in total. The average molecular weight is 412 g/mol. The molecule has 2 aromatic rings. The Balaban J connectivity index is 1.39. The third kappa shape index (κ3) is 4.62. The molecule has 0 radical (unpaired) electrons. The van der Waals surface area contributed by atoms with Crippen LogP contribution in [0.25, 0.3) is 0 Å². The molecule has 2 aliphatic heterocycles. The van der Waals surface area contributed by atoms with Gasteiger partial charge in [0.1, 0.15) is 18.2 Å². The quantitative estimate of drug-likeness (QED) is 0.784. The fourth-order valence-electron chi connectivity index (χ4n) is 3.84. The van der Waals surface area contributed by atoms with Gasteiger partial charge in [-0.1, -0.05) is 24.3 Å². The van der Waals surface area contributed by atoms with Gasteiger partial charge in [-0.15, -0.1) is 0 Å². The molecule has 7 heteroatoms. The number of halogens is 1. The van der Waals surface area contributed by atoms with Crippen molar-refractivity contribution in [2.75, 3.05) is 30.0 Å². The van der Waals surface area contributed by atoms with Crippen molar-refractivity contribution in [3.8, 4) is 5.75 Å². The van der Waals surface area contributed by atoms with Crippen LogP contribution in [-0.4, -0.2) is 37.7 Å². The summed E-state index contributed by atoms with van der Waals surface area (Å²) in [5, 5.41) is 2.87. The minimum atomic E-state index is -0.563. The van der Waals surface area contributed by atoms with Gasteiger partial charge in [0, 0.05) is 19.6 Å². The van der Waals surface area contributed by atoms with E-state index in [0.29, 0.717) is 18.0 Å². The van der Waals surface area contributed by atoms with Crippen molar-refractivity contribution >= 4 is 23.2 Å².